The fraction of sp³-hybridized carbons (Fsp3) is 0.158. The lowest BCUT2D eigenvalue weighted by molar-refractivity contribution is -0.165. The van der Waals surface area contributed by atoms with E-state index in [2.05, 4.69) is 17.0 Å². The van der Waals surface area contributed by atoms with Crippen molar-refractivity contribution in [2.45, 2.75) is 23.7 Å². The molecule has 2 amide bonds. The minimum absolute atomic E-state index is 0.203. The van der Waals surface area contributed by atoms with E-state index in [4.69, 9.17) is 0 Å². The normalized spacial score (nSPS) is 15.5. The van der Waals surface area contributed by atoms with Crippen LogP contribution in [0.1, 0.15) is 18.1 Å². The summed E-state index contributed by atoms with van der Waals surface area (Å²) in [4.78, 5) is 15.6. The van der Waals surface area contributed by atoms with E-state index in [9.17, 15) is 26.4 Å². The van der Waals surface area contributed by atoms with Gasteiger partial charge in [-0.15, -0.1) is 0 Å². The van der Waals surface area contributed by atoms with Crippen molar-refractivity contribution >= 4 is 40.2 Å². The first-order valence-corrected chi connectivity index (χ1v) is 10.3. The van der Waals surface area contributed by atoms with Gasteiger partial charge in [0.1, 0.15) is 0 Å². The number of hydrazine groups is 1. The predicted molar refractivity (Wildman–Crippen MR) is 110 cm³/mol. The van der Waals surface area contributed by atoms with Crippen molar-refractivity contribution < 1.29 is 26.4 Å². The number of hydrogen-bond acceptors (Lipinski definition) is 6. The Morgan fingerprint density at radius 3 is 2.45 bits per heavy atom. The summed E-state index contributed by atoms with van der Waals surface area (Å²) >= 11 is 0. The Bertz CT molecular complexity index is 1160. The van der Waals surface area contributed by atoms with Gasteiger partial charge in [-0.3, -0.25) is 4.99 Å². The van der Waals surface area contributed by atoms with E-state index >= 15 is 0 Å². The molecule has 0 aromatic heterocycles. The molecule has 164 valence electrons. The van der Waals surface area contributed by atoms with E-state index in [0.29, 0.717) is 11.3 Å². The summed E-state index contributed by atoms with van der Waals surface area (Å²) < 4.78 is 66.7. The molecule has 1 heterocycles. The maximum absolute atomic E-state index is 13.2. The van der Waals surface area contributed by atoms with Gasteiger partial charge in [0.05, 0.1) is 16.3 Å². The van der Waals surface area contributed by atoms with Crippen LogP contribution in [0.2, 0.25) is 0 Å². The zero-order valence-electron chi connectivity index (χ0n) is 16.1. The standard InChI is InChI=1S/C19H18F3N5O3S/c1-3-6-12-7-4-10-15(16(12)23-2)24-17(28)25-31(29,30)14-9-5-8-13(11-14)18(26-27-18)19(20,21)22/h3-11,26-27H,2H2,1H3,(H2,24,25,28)/b6-3-. The van der Waals surface area contributed by atoms with Gasteiger partial charge in [0.15, 0.2) is 0 Å². The smallest absolute Gasteiger partial charge is 0.305 e. The molecule has 31 heavy (non-hydrogen) atoms. The Balaban J connectivity index is 1.83. The first-order valence-electron chi connectivity index (χ1n) is 8.82. The summed E-state index contributed by atoms with van der Waals surface area (Å²) in [5.74, 6) is 0. The lowest BCUT2D eigenvalue weighted by atomic mass is 10.0. The number of sulfonamides is 1. The molecule has 1 aliphatic rings. The molecular weight excluding hydrogens is 435 g/mol. The Morgan fingerprint density at radius 2 is 1.87 bits per heavy atom. The number of benzene rings is 2. The molecule has 12 heteroatoms. The number of carbonyl (C=O) groups excluding carboxylic acids is 1. The second kappa shape index (κ2) is 8.13. The summed E-state index contributed by atoms with van der Waals surface area (Å²) in [7, 11) is -4.47. The number of para-hydroxylation sites is 1. The molecule has 0 aliphatic carbocycles. The first kappa shape index (κ1) is 22.5. The number of nitrogens with one attached hydrogen (secondary N) is 4. The number of halogens is 3. The Hall–Kier alpha value is -3.22. The molecule has 8 nitrogen and oxygen atoms in total. The quantitative estimate of drug-likeness (QED) is 0.393. The molecule has 0 bridgehead atoms. The van der Waals surface area contributed by atoms with Gasteiger partial charge in [0.25, 0.3) is 10.0 Å². The van der Waals surface area contributed by atoms with Crippen LogP contribution in [-0.2, 0) is 15.7 Å². The van der Waals surface area contributed by atoms with Gasteiger partial charge < -0.3 is 5.32 Å². The number of nitrogens with zero attached hydrogens (tertiary/aromatic N) is 1. The summed E-state index contributed by atoms with van der Waals surface area (Å²) in [6.07, 6.45) is -1.22. The van der Waals surface area contributed by atoms with Gasteiger partial charge in [0.2, 0.25) is 5.66 Å². The number of carbonyl (C=O) groups is 1. The lowest BCUT2D eigenvalue weighted by Crippen LogP contribution is -2.36. The van der Waals surface area contributed by atoms with Gasteiger partial charge in [-0.1, -0.05) is 36.4 Å². The number of rotatable bonds is 6. The molecule has 4 N–H and O–H groups in total. The van der Waals surface area contributed by atoms with Crippen LogP contribution in [0.5, 0.6) is 0 Å². The highest BCUT2D eigenvalue weighted by Crippen LogP contribution is 2.42. The van der Waals surface area contributed by atoms with Crippen molar-refractivity contribution in [1.82, 2.24) is 15.6 Å². The summed E-state index contributed by atoms with van der Waals surface area (Å²) in [5, 5.41) is 2.37. The van der Waals surface area contributed by atoms with E-state index in [-0.39, 0.29) is 11.3 Å². The molecule has 0 unspecified atom stereocenters. The van der Waals surface area contributed by atoms with Crippen molar-refractivity contribution in [3.05, 3.63) is 59.7 Å². The molecular formula is C19H18F3N5O3S. The minimum atomic E-state index is -4.70. The third-order valence-corrected chi connectivity index (χ3v) is 5.75. The van der Waals surface area contributed by atoms with Crippen LogP contribution in [-0.4, -0.2) is 27.3 Å². The van der Waals surface area contributed by atoms with Crippen LogP contribution in [0.25, 0.3) is 6.08 Å². The highest BCUT2D eigenvalue weighted by atomic mass is 32.2. The van der Waals surface area contributed by atoms with Crippen molar-refractivity contribution in [1.29, 1.82) is 0 Å². The van der Waals surface area contributed by atoms with E-state index in [1.54, 1.807) is 35.9 Å². The van der Waals surface area contributed by atoms with Crippen LogP contribution < -0.4 is 20.9 Å². The second-order valence-electron chi connectivity index (χ2n) is 6.49. The van der Waals surface area contributed by atoms with E-state index < -0.39 is 32.8 Å². The van der Waals surface area contributed by atoms with Gasteiger partial charge >= 0.3 is 12.2 Å². The zero-order valence-corrected chi connectivity index (χ0v) is 16.9. The number of urea groups is 1. The molecule has 3 rings (SSSR count). The summed E-state index contributed by atoms with van der Waals surface area (Å²) in [6.45, 7) is 5.23. The fourth-order valence-corrected chi connectivity index (χ4v) is 3.84. The predicted octanol–water partition coefficient (Wildman–Crippen LogP) is 3.39. The number of amides is 2. The maximum atomic E-state index is 13.2. The lowest BCUT2D eigenvalue weighted by Gasteiger charge is -2.17. The number of anilines is 1. The largest absolute Gasteiger partial charge is 0.426 e. The number of aliphatic imine (C=N–C) groups is 1. The molecule has 1 fully saturated rings. The summed E-state index contributed by atoms with van der Waals surface area (Å²) in [6, 6.07) is 7.93. The molecule has 2 aromatic rings. The number of hydrogen-bond donors (Lipinski definition) is 4. The fourth-order valence-electron chi connectivity index (χ4n) is 2.89. The van der Waals surface area contributed by atoms with Crippen LogP contribution in [0.15, 0.2) is 58.4 Å². The maximum Gasteiger partial charge on any atom is 0.426 e. The average Bonchev–Trinajstić information content (AvgIpc) is 3.50. The third-order valence-electron chi connectivity index (χ3n) is 4.42. The minimum Gasteiger partial charge on any atom is -0.305 e. The monoisotopic (exact) mass is 453 g/mol. The molecule has 2 aromatic carbocycles. The molecule has 0 spiro atoms. The zero-order chi connectivity index (χ0) is 22.9. The Kier molecular flexibility index (Phi) is 5.89. The highest BCUT2D eigenvalue weighted by molar-refractivity contribution is 7.90. The van der Waals surface area contributed by atoms with Crippen LogP contribution in [0.3, 0.4) is 0 Å². The van der Waals surface area contributed by atoms with Gasteiger partial charge in [-0.05, 0) is 37.4 Å². The van der Waals surface area contributed by atoms with E-state index in [0.717, 1.165) is 24.3 Å². The molecule has 1 saturated heterocycles. The topological polar surface area (TPSA) is 132 Å². The van der Waals surface area contributed by atoms with Crippen molar-refractivity contribution in [3.63, 3.8) is 0 Å². The van der Waals surface area contributed by atoms with Crippen LogP contribution >= 0.6 is 0 Å². The number of allylic oxidation sites excluding steroid dienone is 1. The highest BCUT2D eigenvalue weighted by Gasteiger charge is 2.65. The number of alkyl halides is 3. The Morgan fingerprint density at radius 1 is 1.19 bits per heavy atom. The Labute approximate surface area is 176 Å². The SMILES string of the molecule is C=Nc1c(/C=C\C)cccc1NC(=O)NS(=O)(=O)c1cccc(C2(C(F)(F)F)NN2)c1. The second-order valence-corrected chi connectivity index (χ2v) is 8.17. The molecule has 1 aliphatic heterocycles. The van der Waals surface area contributed by atoms with E-state index in [1.807, 2.05) is 10.9 Å². The first-order chi connectivity index (χ1) is 14.5. The van der Waals surface area contributed by atoms with Gasteiger partial charge in [-0.25, -0.2) is 28.8 Å². The van der Waals surface area contributed by atoms with Gasteiger partial charge in [0, 0.05) is 5.56 Å². The third kappa shape index (κ3) is 4.45. The van der Waals surface area contributed by atoms with Crippen molar-refractivity contribution in [2.75, 3.05) is 5.32 Å². The molecule has 0 saturated carbocycles. The van der Waals surface area contributed by atoms with Crippen molar-refractivity contribution in [3.8, 4) is 0 Å². The van der Waals surface area contributed by atoms with Crippen molar-refractivity contribution in [2.24, 2.45) is 4.99 Å². The van der Waals surface area contributed by atoms with Crippen LogP contribution in [0, 0.1) is 0 Å². The summed E-state index contributed by atoms with van der Waals surface area (Å²) in [5.41, 5.74) is 2.27. The van der Waals surface area contributed by atoms with E-state index in [1.165, 1.54) is 6.07 Å². The molecule has 0 radical (unpaired) electrons. The van der Waals surface area contributed by atoms with Gasteiger partial charge in [-0.2, -0.15) is 13.2 Å². The average molecular weight is 453 g/mol. The molecule has 0 atom stereocenters. The van der Waals surface area contributed by atoms with Crippen LogP contribution in [0.4, 0.5) is 29.3 Å².